The number of amides is 1. The number of benzene rings is 1. The lowest BCUT2D eigenvalue weighted by Crippen LogP contribution is -2.29. The minimum absolute atomic E-state index is 0.200. The Morgan fingerprint density at radius 2 is 2.13 bits per heavy atom. The van der Waals surface area contributed by atoms with Crippen molar-refractivity contribution in [3.05, 3.63) is 48.7 Å². The van der Waals surface area contributed by atoms with E-state index in [1.165, 1.54) is 5.56 Å². The number of rotatable bonds is 3. The molecule has 1 heterocycles. The summed E-state index contributed by atoms with van der Waals surface area (Å²) in [5.74, 6) is 0.200. The fourth-order valence-corrected chi connectivity index (χ4v) is 2.10. The molecule has 78 valence electrons. The lowest BCUT2D eigenvalue weighted by molar-refractivity contribution is -0.126. The first-order valence-electron chi connectivity index (χ1n) is 5.29. The van der Waals surface area contributed by atoms with Crippen molar-refractivity contribution in [2.75, 3.05) is 0 Å². The third-order valence-corrected chi connectivity index (χ3v) is 2.88. The smallest absolute Gasteiger partial charge is 0.226 e. The van der Waals surface area contributed by atoms with E-state index >= 15 is 0 Å². The average molecular weight is 201 g/mol. The lowest BCUT2D eigenvalue weighted by atomic mass is 10.0. The van der Waals surface area contributed by atoms with Crippen LogP contribution in [0.4, 0.5) is 0 Å². The summed E-state index contributed by atoms with van der Waals surface area (Å²) in [6, 6.07) is 10.6. The van der Waals surface area contributed by atoms with E-state index in [4.69, 9.17) is 0 Å². The largest absolute Gasteiger partial charge is 0.316 e. The van der Waals surface area contributed by atoms with Crippen LogP contribution < -0.4 is 0 Å². The first kappa shape index (κ1) is 9.97. The first-order valence-corrected chi connectivity index (χ1v) is 5.29. The van der Waals surface area contributed by atoms with Crippen molar-refractivity contribution in [1.29, 1.82) is 0 Å². The lowest BCUT2D eigenvalue weighted by Gasteiger charge is -2.20. The van der Waals surface area contributed by atoms with Gasteiger partial charge in [-0.25, -0.2) is 0 Å². The zero-order valence-corrected chi connectivity index (χ0v) is 8.73. The van der Waals surface area contributed by atoms with E-state index in [0.29, 0.717) is 12.5 Å². The summed E-state index contributed by atoms with van der Waals surface area (Å²) in [5.41, 5.74) is 1.28. The van der Waals surface area contributed by atoms with Gasteiger partial charge in [0.25, 0.3) is 0 Å². The molecule has 0 aromatic heterocycles. The van der Waals surface area contributed by atoms with E-state index in [-0.39, 0.29) is 5.91 Å². The van der Waals surface area contributed by atoms with E-state index in [1.54, 1.807) is 11.1 Å². The minimum Gasteiger partial charge on any atom is -0.316 e. The molecule has 1 aliphatic rings. The molecule has 2 heteroatoms. The van der Waals surface area contributed by atoms with Crippen molar-refractivity contribution in [2.24, 2.45) is 0 Å². The standard InChI is InChI=1S/C13H15NO/c1-2-14-12(8-9-13(14)15)10-11-6-4-3-5-7-11/h2-7,12H,1,8-10H2. The summed E-state index contributed by atoms with van der Waals surface area (Å²) in [6.45, 7) is 3.69. The van der Waals surface area contributed by atoms with Crippen molar-refractivity contribution in [2.45, 2.75) is 25.3 Å². The van der Waals surface area contributed by atoms with Gasteiger partial charge in [-0.2, -0.15) is 0 Å². The fourth-order valence-electron chi connectivity index (χ4n) is 2.10. The monoisotopic (exact) mass is 201 g/mol. The van der Waals surface area contributed by atoms with Gasteiger partial charge in [0.15, 0.2) is 0 Å². The van der Waals surface area contributed by atoms with E-state index in [0.717, 1.165) is 12.8 Å². The first-order chi connectivity index (χ1) is 7.31. The van der Waals surface area contributed by atoms with Gasteiger partial charge < -0.3 is 4.90 Å². The number of hydrogen-bond acceptors (Lipinski definition) is 1. The molecule has 1 unspecified atom stereocenters. The molecule has 2 rings (SSSR count). The van der Waals surface area contributed by atoms with Crippen LogP contribution >= 0.6 is 0 Å². The summed E-state index contributed by atoms with van der Waals surface area (Å²) >= 11 is 0. The molecule has 1 atom stereocenters. The third-order valence-electron chi connectivity index (χ3n) is 2.88. The highest BCUT2D eigenvalue weighted by Gasteiger charge is 2.28. The van der Waals surface area contributed by atoms with Crippen molar-refractivity contribution in [1.82, 2.24) is 4.90 Å². The van der Waals surface area contributed by atoms with Crippen molar-refractivity contribution < 1.29 is 4.79 Å². The summed E-state index contributed by atoms with van der Waals surface area (Å²) < 4.78 is 0. The quantitative estimate of drug-likeness (QED) is 0.735. The van der Waals surface area contributed by atoms with Crippen molar-refractivity contribution in [3.63, 3.8) is 0 Å². The van der Waals surface area contributed by atoms with E-state index < -0.39 is 0 Å². The molecule has 0 saturated carbocycles. The Kier molecular flexibility index (Phi) is 2.86. The Bertz CT molecular complexity index is 358. The molecule has 1 aliphatic heterocycles. The van der Waals surface area contributed by atoms with Crippen molar-refractivity contribution in [3.8, 4) is 0 Å². The van der Waals surface area contributed by atoms with Crippen LogP contribution in [0.25, 0.3) is 0 Å². The Balaban J connectivity index is 2.07. The molecule has 15 heavy (non-hydrogen) atoms. The number of likely N-dealkylation sites (tertiary alicyclic amines) is 1. The van der Waals surface area contributed by atoms with Crippen LogP contribution in [0.3, 0.4) is 0 Å². The average Bonchev–Trinajstić information content (AvgIpc) is 2.61. The fraction of sp³-hybridized carbons (Fsp3) is 0.308. The number of hydrogen-bond donors (Lipinski definition) is 0. The Hall–Kier alpha value is -1.57. The predicted molar refractivity (Wildman–Crippen MR) is 60.2 cm³/mol. The second-order valence-corrected chi connectivity index (χ2v) is 3.87. The van der Waals surface area contributed by atoms with Crippen LogP contribution in [0.5, 0.6) is 0 Å². The number of carbonyl (C=O) groups excluding carboxylic acids is 1. The molecule has 0 aliphatic carbocycles. The molecular weight excluding hydrogens is 186 g/mol. The molecule has 1 aromatic rings. The van der Waals surface area contributed by atoms with Gasteiger partial charge in [0, 0.05) is 12.5 Å². The van der Waals surface area contributed by atoms with E-state index in [9.17, 15) is 4.79 Å². The highest BCUT2D eigenvalue weighted by atomic mass is 16.2. The molecule has 2 nitrogen and oxygen atoms in total. The van der Waals surface area contributed by atoms with Gasteiger partial charge in [0.2, 0.25) is 5.91 Å². The maximum Gasteiger partial charge on any atom is 0.226 e. The molecule has 0 radical (unpaired) electrons. The van der Waals surface area contributed by atoms with Gasteiger partial charge in [-0.3, -0.25) is 4.79 Å². The highest BCUT2D eigenvalue weighted by Crippen LogP contribution is 2.22. The maximum absolute atomic E-state index is 11.5. The van der Waals surface area contributed by atoms with Crippen LogP contribution in [-0.2, 0) is 11.2 Å². The second-order valence-electron chi connectivity index (χ2n) is 3.87. The summed E-state index contributed by atoms with van der Waals surface area (Å²) in [7, 11) is 0. The van der Waals surface area contributed by atoms with Crippen molar-refractivity contribution >= 4 is 5.91 Å². The van der Waals surface area contributed by atoms with E-state index in [2.05, 4.69) is 18.7 Å². The van der Waals surface area contributed by atoms with Crippen LogP contribution in [0.15, 0.2) is 43.1 Å². The number of nitrogens with zero attached hydrogens (tertiary/aromatic N) is 1. The van der Waals surface area contributed by atoms with Crippen LogP contribution in [0.1, 0.15) is 18.4 Å². The Labute approximate surface area is 90.2 Å². The van der Waals surface area contributed by atoms with Gasteiger partial charge in [0.05, 0.1) is 0 Å². The normalized spacial score (nSPS) is 20.7. The second kappa shape index (κ2) is 4.30. The summed E-state index contributed by atoms with van der Waals surface area (Å²) in [6.07, 6.45) is 4.19. The topological polar surface area (TPSA) is 20.3 Å². The molecule has 1 saturated heterocycles. The molecule has 0 N–H and O–H groups in total. The summed E-state index contributed by atoms with van der Waals surface area (Å²) in [5, 5.41) is 0. The minimum atomic E-state index is 0.200. The Morgan fingerprint density at radius 1 is 1.40 bits per heavy atom. The molecule has 0 spiro atoms. The van der Waals surface area contributed by atoms with Gasteiger partial charge in [-0.05, 0) is 24.6 Å². The third kappa shape index (κ3) is 2.09. The van der Waals surface area contributed by atoms with Crippen LogP contribution in [-0.4, -0.2) is 16.8 Å². The zero-order chi connectivity index (χ0) is 10.7. The predicted octanol–water partition coefficient (Wildman–Crippen LogP) is 2.36. The van der Waals surface area contributed by atoms with Gasteiger partial charge >= 0.3 is 0 Å². The Morgan fingerprint density at radius 3 is 2.80 bits per heavy atom. The zero-order valence-electron chi connectivity index (χ0n) is 8.73. The molecular formula is C13H15NO. The van der Waals surface area contributed by atoms with Gasteiger partial charge in [-0.1, -0.05) is 36.9 Å². The molecule has 0 bridgehead atoms. The molecule has 1 amide bonds. The van der Waals surface area contributed by atoms with Crippen LogP contribution in [0.2, 0.25) is 0 Å². The SMILES string of the molecule is C=CN1C(=O)CCC1Cc1ccccc1. The van der Waals surface area contributed by atoms with E-state index in [1.807, 2.05) is 18.2 Å². The summed E-state index contributed by atoms with van der Waals surface area (Å²) in [4.78, 5) is 13.2. The van der Waals surface area contributed by atoms with Gasteiger partial charge in [0.1, 0.15) is 0 Å². The molecule has 1 fully saturated rings. The highest BCUT2D eigenvalue weighted by molar-refractivity contribution is 5.79. The molecule has 1 aromatic carbocycles. The van der Waals surface area contributed by atoms with Crippen LogP contribution in [0, 0.1) is 0 Å². The van der Waals surface area contributed by atoms with Gasteiger partial charge in [-0.15, -0.1) is 0 Å². The maximum atomic E-state index is 11.5. The number of carbonyl (C=O) groups is 1.